The summed E-state index contributed by atoms with van der Waals surface area (Å²) in [5.74, 6) is 1.77. The zero-order valence-electron chi connectivity index (χ0n) is 13.2. The second kappa shape index (κ2) is 8.24. The van der Waals surface area contributed by atoms with Crippen LogP contribution in [-0.2, 0) is 11.2 Å². The van der Waals surface area contributed by atoms with Crippen molar-refractivity contribution in [2.24, 2.45) is 0 Å². The highest BCUT2D eigenvalue weighted by atomic mass is 127. The van der Waals surface area contributed by atoms with Crippen molar-refractivity contribution in [1.29, 1.82) is 0 Å². The lowest BCUT2D eigenvalue weighted by Gasteiger charge is -2.31. The number of aryl methyl sites for hydroxylation is 1. The topological polar surface area (TPSA) is 50.3 Å². The fraction of sp³-hybridized carbons (Fsp3) is 0.733. The summed E-state index contributed by atoms with van der Waals surface area (Å²) in [5.41, 5.74) is 1.14. The molecule has 1 N–H and O–H groups in total. The first-order valence-electron chi connectivity index (χ1n) is 7.83. The van der Waals surface area contributed by atoms with Crippen LogP contribution in [-0.4, -0.2) is 47.7 Å². The maximum absolute atomic E-state index is 5.91. The minimum Gasteiger partial charge on any atom is -0.369 e. The zero-order valence-corrected chi connectivity index (χ0v) is 15.3. The molecular weight excluding hydrogens is 379 g/mol. The molecule has 0 amide bonds. The van der Waals surface area contributed by atoms with Crippen LogP contribution >= 0.6 is 22.6 Å². The van der Waals surface area contributed by atoms with Gasteiger partial charge in [-0.25, -0.2) is 9.97 Å². The van der Waals surface area contributed by atoms with E-state index in [0.717, 1.165) is 66.5 Å². The molecule has 0 radical (unpaired) electrons. The minimum atomic E-state index is -0.0105. The van der Waals surface area contributed by atoms with Crippen molar-refractivity contribution >= 4 is 28.4 Å². The molecule has 2 heterocycles. The normalized spacial score (nSPS) is 19.7. The largest absolute Gasteiger partial charge is 0.369 e. The van der Waals surface area contributed by atoms with Gasteiger partial charge in [-0.3, -0.25) is 4.90 Å². The highest BCUT2D eigenvalue weighted by molar-refractivity contribution is 14.1. The second-order valence-corrected chi connectivity index (χ2v) is 6.30. The summed E-state index contributed by atoms with van der Waals surface area (Å²) in [5, 5.41) is 3.35. The van der Waals surface area contributed by atoms with E-state index in [9.17, 15) is 0 Å². The number of anilines is 1. The first-order valence-corrected chi connectivity index (χ1v) is 8.91. The number of likely N-dealkylation sites (N-methyl/N-ethyl adjacent to an activating group) is 1. The number of hydrogen-bond acceptors (Lipinski definition) is 5. The predicted molar refractivity (Wildman–Crippen MR) is 93.7 cm³/mol. The molecule has 0 saturated carbocycles. The Morgan fingerprint density at radius 2 is 2.14 bits per heavy atom. The smallest absolute Gasteiger partial charge is 0.161 e. The summed E-state index contributed by atoms with van der Waals surface area (Å²) in [6, 6.07) is 0. The van der Waals surface area contributed by atoms with Gasteiger partial charge in [-0.1, -0.05) is 20.3 Å². The maximum atomic E-state index is 5.91. The van der Waals surface area contributed by atoms with Crippen molar-refractivity contribution in [3.63, 3.8) is 0 Å². The van der Waals surface area contributed by atoms with Crippen LogP contribution in [0.5, 0.6) is 0 Å². The third-order valence-electron chi connectivity index (χ3n) is 3.65. The van der Waals surface area contributed by atoms with E-state index in [2.05, 4.69) is 53.6 Å². The lowest BCUT2D eigenvalue weighted by molar-refractivity contribution is -0.0326. The molecule has 1 fully saturated rings. The number of morpholine rings is 1. The molecule has 0 spiro atoms. The van der Waals surface area contributed by atoms with E-state index < -0.39 is 0 Å². The lowest BCUT2D eigenvalue weighted by Crippen LogP contribution is -2.38. The Kier molecular flexibility index (Phi) is 6.63. The van der Waals surface area contributed by atoms with Crippen molar-refractivity contribution in [1.82, 2.24) is 14.9 Å². The van der Waals surface area contributed by atoms with Crippen LogP contribution in [0.3, 0.4) is 0 Å². The summed E-state index contributed by atoms with van der Waals surface area (Å²) < 4.78 is 7.05. The van der Waals surface area contributed by atoms with E-state index in [1.54, 1.807) is 0 Å². The van der Waals surface area contributed by atoms with E-state index in [4.69, 9.17) is 14.7 Å². The Labute approximate surface area is 141 Å². The van der Waals surface area contributed by atoms with Crippen molar-refractivity contribution in [3.8, 4) is 0 Å². The summed E-state index contributed by atoms with van der Waals surface area (Å²) >= 11 is 2.35. The number of ether oxygens (including phenoxy) is 1. The highest BCUT2D eigenvalue weighted by Crippen LogP contribution is 2.25. The number of rotatable bonds is 6. The van der Waals surface area contributed by atoms with Crippen LogP contribution in [0.1, 0.15) is 44.8 Å². The van der Waals surface area contributed by atoms with Gasteiger partial charge in [0.25, 0.3) is 0 Å². The minimum absolute atomic E-state index is 0.0105. The number of nitrogens with one attached hydrogen (secondary N) is 1. The first-order chi connectivity index (χ1) is 10.2. The van der Waals surface area contributed by atoms with Crippen LogP contribution in [0.4, 0.5) is 5.82 Å². The van der Waals surface area contributed by atoms with Gasteiger partial charge in [-0.15, -0.1) is 0 Å². The van der Waals surface area contributed by atoms with Crippen LogP contribution in [0, 0.1) is 3.57 Å². The third kappa shape index (κ3) is 4.26. The molecule has 21 heavy (non-hydrogen) atoms. The Balaban J connectivity index is 2.29. The van der Waals surface area contributed by atoms with E-state index in [1.807, 2.05) is 0 Å². The summed E-state index contributed by atoms with van der Waals surface area (Å²) in [4.78, 5) is 11.9. The Bertz CT molecular complexity index is 442. The quantitative estimate of drug-likeness (QED) is 0.740. The zero-order chi connectivity index (χ0) is 15.2. The van der Waals surface area contributed by atoms with Crippen molar-refractivity contribution in [3.05, 3.63) is 15.1 Å². The lowest BCUT2D eigenvalue weighted by atomic mass is 10.2. The van der Waals surface area contributed by atoms with Gasteiger partial charge in [-0.2, -0.15) is 0 Å². The molecule has 1 aliphatic rings. The monoisotopic (exact) mass is 404 g/mol. The number of halogens is 1. The molecule has 118 valence electrons. The van der Waals surface area contributed by atoms with Crippen LogP contribution in [0.2, 0.25) is 0 Å². The van der Waals surface area contributed by atoms with Crippen LogP contribution in [0.15, 0.2) is 0 Å². The van der Waals surface area contributed by atoms with E-state index in [1.165, 1.54) is 0 Å². The average molecular weight is 404 g/mol. The van der Waals surface area contributed by atoms with Crippen molar-refractivity contribution < 1.29 is 4.74 Å². The maximum Gasteiger partial charge on any atom is 0.161 e. The highest BCUT2D eigenvalue weighted by Gasteiger charge is 2.25. The van der Waals surface area contributed by atoms with Crippen molar-refractivity contribution in [2.75, 3.05) is 38.1 Å². The summed E-state index contributed by atoms with van der Waals surface area (Å²) in [6.45, 7) is 11.0. The molecule has 1 saturated heterocycles. The van der Waals surface area contributed by atoms with Crippen LogP contribution in [0.25, 0.3) is 0 Å². The Morgan fingerprint density at radius 3 is 2.81 bits per heavy atom. The fourth-order valence-electron chi connectivity index (χ4n) is 2.49. The molecule has 6 heteroatoms. The van der Waals surface area contributed by atoms with E-state index in [0.29, 0.717) is 0 Å². The number of hydrogen-bond donors (Lipinski definition) is 1. The molecule has 0 bridgehead atoms. The molecule has 1 atom stereocenters. The third-order valence-corrected chi connectivity index (χ3v) is 4.79. The van der Waals surface area contributed by atoms with Gasteiger partial charge in [-0.05, 0) is 42.5 Å². The van der Waals surface area contributed by atoms with Gasteiger partial charge in [0, 0.05) is 19.6 Å². The standard InChI is InChI=1S/C15H25IN4O/c1-4-7-11-13(16)15(17-5-2)19-14(18-11)12-10-20(6-3)8-9-21-12/h12H,4-10H2,1-3H3,(H,17,18,19). The molecular formula is C15H25IN4O. The van der Waals surface area contributed by atoms with Gasteiger partial charge < -0.3 is 10.1 Å². The van der Waals surface area contributed by atoms with Gasteiger partial charge >= 0.3 is 0 Å². The average Bonchev–Trinajstić information content (AvgIpc) is 2.51. The van der Waals surface area contributed by atoms with Crippen molar-refractivity contribution in [2.45, 2.75) is 39.7 Å². The van der Waals surface area contributed by atoms with Gasteiger partial charge in [0.15, 0.2) is 5.82 Å². The predicted octanol–water partition coefficient (Wildman–Crippen LogP) is 2.86. The van der Waals surface area contributed by atoms with Gasteiger partial charge in [0.1, 0.15) is 11.9 Å². The SMILES string of the molecule is CCCc1nc(C2CN(CC)CCO2)nc(NCC)c1I. The fourth-order valence-corrected chi connectivity index (χ4v) is 3.19. The molecule has 2 rings (SSSR count). The molecule has 5 nitrogen and oxygen atoms in total. The first kappa shape index (κ1) is 16.9. The molecule has 0 aliphatic carbocycles. The Morgan fingerprint density at radius 1 is 1.33 bits per heavy atom. The summed E-state index contributed by atoms with van der Waals surface area (Å²) in [7, 11) is 0. The van der Waals surface area contributed by atoms with E-state index in [-0.39, 0.29) is 6.10 Å². The number of aromatic nitrogens is 2. The van der Waals surface area contributed by atoms with Gasteiger partial charge in [0.05, 0.1) is 15.9 Å². The molecule has 1 aromatic rings. The van der Waals surface area contributed by atoms with Gasteiger partial charge in [0.2, 0.25) is 0 Å². The summed E-state index contributed by atoms with van der Waals surface area (Å²) in [6.07, 6.45) is 2.06. The number of nitrogens with zero attached hydrogens (tertiary/aromatic N) is 3. The Hall–Kier alpha value is -0.470. The van der Waals surface area contributed by atoms with E-state index >= 15 is 0 Å². The molecule has 1 unspecified atom stereocenters. The molecule has 1 aliphatic heterocycles. The molecule has 1 aromatic heterocycles. The van der Waals surface area contributed by atoms with Crippen LogP contribution < -0.4 is 5.32 Å². The molecule has 0 aromatic carbocycles. The second-order valence-electron chi connectivity index (χ2n) is 5.22.